The average Bonchev–Trinajstić information content (AvgIpc) is 3.80. The van der Waals surface area contributed by atoms with Crippen LogP contribution in [0.25, 0.3) is 65.4 Å². The smallest absolute Gasteiger partial charge is 0.142 e. The van der Waals surface area contributed by atoms with E-state index < -0.39 is 0 Å². The van der Waals surface area contributed by atoms with Crippen LogP contribution >= 0.6 is 0 Å². The number of hydrogen-bond acceptors (Lipinski definition) is 4. The second kappa shape index (κ2) is 14.7. The number of anilines is 6. The van der Waals surface area contributed by atoms with Crippen molar-refractivity contribution in [2.75, 3.05) is 9.80 Å². The Hall–Kier alpha value is -7.30. The van der Waals surface area contributed by atoms with Gasteiger partial charge in [0.2, 0.25) is 0 Å². The molecular formula is C59H50N2O2. The molecule has 0 aliphatic rings. The number of aryl methyl sites for hydroxylation is 6. The molecule has 0 saturated carbocycles. The summed E-state index contributed by atoms with van der Waals surface area (Å²) >= 11 is 0. The van der Waals surface area contributed by atoms with Crippen molar-refractivity contribution in [3.63, 3.8) is 0 Å². The molecular weight excluding hydrogens is 769 g/mol. The van der Waals surface area contributed by atoms with Crippen LogP contribution in [0.4, 0.5) is 34.1 Å². The Balaban J connectivity index is 1.06. The van der Waals surface area contributed by atoms with Crippen LogP contribution in [0.5, 0.6) is 0 Å². The summed E-state index contributed by atoms with van der Waals surface area (Å²) in [4.78, 5) is 4.77. The lowest BCUT2D eigenvalue weighted by Gasteiger charge is -2.29. The van der Waals surface area contributed by atoms with E-state index in [2.05, 4.69) is 217 Å². The van der Waals surface area contributed by atoms with Crippen molar-refractivity contribution >= 4 is 99.5 Å². The zero-order valence-electron chi connectivity index (χ0n) is 37.2. The van der Waals surface area contributed by atoms with E-state index in [1.165, 1.54) is 55.5 Å². The summed E-state index contributed by atoms with van der Waals surface area (Å²) < 4.78 is 13.9. The predicted octanol–water partition coefficient (Wildman–Crippen LogP) is 17.7. The molecule has 4 heteroatoms. The van der Waals surface area contributed by atoms with E-state index in [9.17, 15) is 0 Å². The van der Waals surface area contributed by atoms with Gasteiger partial charge in [0.05, 0.1) is 11.4 Å². The van der Waals surface area contributed by atoms with Gasteiger partial charge in [-0.05, 0) is 170 Å². The molecule has 63 heavy (non-hydrogen) atoms. The highest BCUT2D eigenvalue weighted by Crippen LogP contribution is 2.46. The van der Waals surface area contributed by atoms with Gasteiger partial charge in [0.1, 0.15) is 22.3 Å². The number of benzene rings is 9. The number of furan rings is 2. The third kappa shape index (κ3) is 6.35. The molecule has 0 saturated heterocycles. The molecule has 2 heterocycles. The van der Waals surface area contributed by atoms with Gasteiger partial charge in [-0.2, -0.15) is 0 Å². The number of hydrogen-bond donors (Lipinski definition) is 0. The van der Waals surface area contributed by atoms with E-state index in [1.807, 2.05) is 0 Å². The molecule has 0 aliphatic carbocycles. The molecule has 0 spiro atoms. The molecule has 0 unspecified atom stereocenters. The minimum atomic E-state index is 0.167. The van der Waals surface area contributed by atoms with Crippen LogP contribution in [0.1, 0.15) is 58.7 Å². The van der Waals surface area contributed by atoms with E-state index in [-0.39, 0.29) is 5.92 Å². The number of fused-ring (bicyclic) bond motifs is 8. The predicted molar refractivity (Wildman–Crippen MR) is 268 cm³/mol. The van der Waals surface area contributed by atoms with Crippen LogP contribution in [0.3, 0.4) is 0 Å². The fourth-order valence-corrected chi connectivity index (χ4v) is 9.95. The van der Waals surface area contributed by atoms with Crippen LogP contribution in [0.15, 0.2) is 160 Å². The van der Waals surface area contributed by atoms with Crippen molar-refractivity contribution < 1.29 is 8.83 Å². The first-order valence-electron chi connectivity index (χ1n) is 22.1. The average molecular weight is 819 g/mol. The zero-order valence-corrected chi connectivity index (χ0v) is 37.2. The Labute approximate surface area is 368 Å². The summed E-state index contributed by atoms with van der Waals surface area (Å²) in [6, 6.07) is 55.7. The van der Waals surface area contributed by atoms with E-state index >= 15 is 0 Å². The zero-order chi connectivity index (χ0) is 43.3. The van der Waals surface area contributed by atoms with Crippen molar-refractivity contribution in [3.05, 3.63) is 191 Å². The molecule has 0 amide bonds. The van der Waals surface area contributed by atoms with Crippen LogP contribution in [0, 0.1) is 41.5 Å². The topological polar surface area (TPSA) is 32.8 Å². The lowest BCUT2D eigenvalue weighted by atomic mass is 9.95. The van der Waals surface area contributed by atoms with Gasteiger partial charge in [-0.15, -0.1) is 0 Å². The van der Waals surface area contributed by atoms with Crippen molar-refractivity contribution in [1.29, 1.82) is 0 Å². The molecule has 0 aliphatic heterocycles. The van der Waals surface area contributed by atoms with Gasteiger partial charge in [-0.25, -0.2) is 0 Å². The fraction of sp³-hybridized carbons (Fsp3) is 0.153. The summed E-state index contributed by atoms with van der Waals surface area (Å²) in [5.41, 5.74) is 19.0. The first-order valence-corrected chi connectivity index (χ1v) is 22.1. The molecule has 9 aromatic carbocycles. The normalized spacial score (nSPS) is 12.0. The van der Waals surface area contributed by atoms with E-state index in [0.29, 0.717) is 0 Å². The maximum Gasteiger partial charge on any atom is 0.142 e. The molecule has 0 fully saturated rings. The van der Waals surface area contributed by atoms with Crippen LogP contribution < -0.4 is 9.80 Å². The number of nitrogens with zero attached hydrogens (tertiary/aromatic N) is 2. The summed E-state index contributed by atoms with van der Waals surface area (Å²) in [5, 5.41) is 9.06. The first kappa shape index (κ1) is 38.6. The fourth-order valence-electron chi connectivity index (χ4n) is 9.95. The van der Waals surface area contributed by atoms with Gasteiger partial charge >= 0.3 is 0 Å². The van der Waals surface area contributed by atoms with Crippen molar-refractivity contribution in [2.24, 2.45) is 0 Å². The molecule has 11 aromatic rings. The van der Waals surface area contributed by atoms with Crippen molar-refractivity contribution in [2.45, 2.75) is 61.3 Å². The second-order valence-corrected chi connectivity index (χ2v) is 18.0. The van der Waals surface area contributed by atoms with Crippen molar-refractivity contribution in [1.82, 2.24) is 0 Å². The van der Waals surface area contributed by atoms with E-state index in [1.54, 1.807) is 0 Å². The van der Waals surface area contributed by atoms with Gasteiger partial charge in [0, 0.05) is 49.9 Å². The molecule has 11 rings (SSSR count). The Morgan fingerprint density at radius 3 is 1.13 bits per heavy atom. The van der Waals surface area contributed by atoms with Gasteiger partial charge in [0.25, 0.3) is 0 Å². The summed E-state index contributed by atoms with van der Waals surface area (Å²) in [5.74, 6) is 0.167. The quantitative estimate of drug-likeness (QED) is 0.160. The van der Waals surface area contributed by atoms with Gasteiger partial charge < -0.3 is 18.6 Å². The minimum Gasteiger partial charge on any atom is -0.456 e. The molecule has 4 nitrogen and oxygen atoms in total. The Morgan fingerprint density at radius 2 is 0.746 bits per heavy atom. The largest absolute Gasteiger partial charge is 0.456 e. The highest BCUT2D eigenvalue weighted by molar-refractivity contribution is 6.20. The molecule has 0 N–H and O–H groups in total. The van der Waals surface area contributed by atoms with E-state index in [4.69, 9.17) is 8.83 Å². The second-order valence-electron chi connectivity index (χ2n) is 18.0. The third-order valence-electron chi connectivity index (χ3n) is 13.1. The van der Waals surface area contributed by atoms with Gasteiger partial charge in [-0.3, -0.25) is 0 Å². The maximum absolute atomic E-state index is 6.93. The molecule has 0 atom stereocenters. The maximum atomic E-state index is 6.93. The summed E-state index contributed by atoms with van der Waals surface area (Å²) in [6.45, 7) is 17.5. The number of para-hydroxylation sites is 2. The van der Waals surface area contributed by atoms with Crippen LogP contribution in [-0.4, -0.2) is 0 Å². The van der Waals surface area contributed by atoms with Gasteiger partial charge in [0.15, 0.2) is 0 Å². The lowest BCUT2D eigenvalue weighted by Crippen LogP contribution is -2.12. The van der Waals surface area contributed by atoms with Gasteiger partial charge in [-0.1, -0.05) is 97.8 Å². The SMILES string of the molecule is Cc1ccc(N(c2ccc3cc4c(cc3c2)oc2c(C(C)C)c3oc5cc6cc(N(c7ccc(C)cc7)c7c(C)cccc7C)ccc6cc5c3cc24)c2c(C)cccc2C)cc1. The first-order chi connectivity index (χ1) is 30.5. The minimum absolute atomic E-state index is 0.167. The highest BCUT2D eigenvalue weighted by Gasteiger charge is 2.24. The molecule has 308 valence electrons. The molecule has 2 aromatic heterocycles. The summed E-state index contributed by atoms with van der Waals surface area (Å²) in [6.07, 6.45) is 0. The van der Waals surface area contributed by atoms with Crippen molar-refractivity contribution in [3.8, 4) is 0 Å². The molecule has 0 bridgehead atoms. The highest BCUT2D eigenvalue weighted by atomic mass is 16.3. The van der Waals surface area contributed by atoms with Crippen LogP contribution in [-0.2, 0) is 0 Å². The summed E-state index contributed by atoms with van der Waals surface area (Å²) in [7, 11) is 0. The van der Waals surface area contributed by atoms with E-state index in [0.717, 1.165) is 83.0 Å². The third-order valence-corrected chi connectivity index (χ3v) is 13.1. The van der Waals surface area contributed by atoms with Crippen LogP contribution in [0.2, 0.25) is 0 Å². The molecule has 0 radical (unpaired) electrons. The Kier molecular flexibility index (Phi) is 8.99. The Morgan fingerprint density at radius 1 is 0.365 bits per heavy atom. The monoisotopic (exact) mass is 818 g/mol. The number of rotatable bonds is 7. The standard InChI is InChI=1S/C59H50N2O2/c1-34(2)55-58-51(49-29-41-19-25-47(27-43(41)31-53(49)62-58)60(45-21-15-35(3)16-22-45)56-37(5)11-9-12-38(56)6)33-52-50-30-42-20-26-48(28-44(42)32-54(50)63-59(52)55)61(46-23-17-36(4)18-24-46)57-39(7)13-10-14-40(57)8/h9-34H,1-8H3. The lowest BCUT2D eigenvalue weighted by molar-refractivity contribution is 0.638. The Bertz CT molecular complexity index is 3330.